The summed E-state index contributed by atoms with van der Waals surface area (Å²) in [6.45, 7) is 0.792. The molecular formula is C19H18ClFN2O5. The summed E-state index contributed by atoms with van der Waals surface area (Å²) in [6.07, 6.45) is 6.48. The molecule has 148 valence electrons. The van der Waals surface area contributed by atoms with E-state index in [0.717, 1.165) is 17.4 Å². The van der Waals surface area contributed by atoms with Crippen molar-refractivity contribution in [1.82, 2.24) is 4.90 Å². The van der Waals surface area contributed by atoms with Crippen molar-refractivity contribution in [2.75, 3.05) is 24.7 Å². The first-order valence-electron chi connectivity index (χ1n) is 8.97. The van der Waals surface area contributed by atoms with Crippen molar-refractivity contribution in [3.63, 3.8) is 0 Å². The van der Waals surface area contributed by atoms with Crippen LogP contribution in [0.5, 0.6) is 5.75 Å². The van der Waals surface area contributed by atoms with Crippen LogP contribution in [-0.2, 0) is 14.3 Å². The standard InChI is InChI=1S/C19H18ClFN2O5/c1-2-6-26-16-10-15(12(21)9-11(16)20)23-17(24)13-4-3-5-14(22(13)19(23)25)18-27-7-8-28-18/h1,9-10,13-14,18H,3-8H2. The number of piperidine rings is 1. The zero-order valence-corrected chi connectivity index (χ0v) is 15.7. The normalized spacial score (nSPS) is 25.2. The predicted molar refractivity (Wildman–Crippen MR) is 97.6 cm³/mol. The number of halogens is 2. The first-order chi connectivity index (χ1) is 13.5. The Morgan fingerprint density at radius 3 is 2.75 bits per heavy atom. The second kappa shape index (κ2) is 7.59. The molecule has 28 heavy (non-hydrogen) atoms. The Morgan fingerprint density at radius 1 is 1.29 bits per heavy atom. The van der Waals surface area contributed by atoms with Crippen LogP contribution in [-0.4, -0.2) is 55.0 Å². The van der Waals surface area contributed by atoms with E-state index >= 15 is 0 Å². The van der Waals surface area contributed by atoms with E-state index in [4.69, 9.17) is 32.2 Å². The topological polar surface area (TPSA) is 68.3 Å². The van der Waals surface area contributed by atoms with Crippen LogP contribution in [0.2, 0.25) is 5.02 Å². The van der Waals surface area contributed by atoms with Crippen LogP contribution in [0.25, 0.3) is 0 Å². The number of hydrogen-bond donors (Lipinski definition) is 0. The van der Waals surface area contributed by atoms with Crippen molar-refractivity contribution in [3.8, 4) is 18.1 Å². The summed E-state index contributed by atoms with van der Waals surface area (Å²) in [7, 11) is 0. The third kappa shape index (κ3) is 3.09. The molecular weight excluding hydrogens is 391 g/mol. The highest BCUT2D eigenvalue weighted by Crippen LogP contribution is 2.39. The van der Waals surface area contributed by atoms with Gasteiger partial charge < -0.3 is 19.1 Å². The Morgan fingerprint density at radius 2 is 2.04 bits per heavy atom. The lowest BCUT2D eigenvalue weighted by Crippen LogP contribution is -2.52. The zero-order chi connectivity index (χ0) is 19.8. The van der Waals surface area contributed by atoms with Gasteiger partial charge >= 0.3 is 6.03 Å². The van der Waals surface area contributed by atoms with Gasteiger partial charge in [0.2, 0.25) is 0 Å². The number of amides is 3. The fourth-order valence-electron chi connectivity index (χ4n) is 3.91. The number of terminal acetylenes is 1. The van der Waals surface area contributed by atoms with Crippen LogP contribution in [0.3, 0.4) is 0 Å². The first-order valence-corrected chi connectivity index (χ1v) is 9.35. The third-order valence-corrected chi connectivity index (χ3v) is 5.40. The Kier molecular flexibility index (Phi) is 5.15. The number of benzene rings is 1. The third-order valence-electron chi connectivity index (χ3n) is 5.10. The molecule has 4 rings (SSSR count). The fraction of sp³-hybridized carbons (Fsp3) is 0.474. The van der Waals surface area contributed by atoms with Gasteiger partial charge in [0, 0.05) is 6.07 Å². The van der Waals surface area contributed by atoms with Crippen LogP contribution < -0.4 is 9.64 Å². The Balaban J connectivity index is 1.68. The molecule has 7 nitrogen and oxygen atoms in total. The molecule has 2 atom stereocenters. The number of hydrogen-bond acceptors (Lipinski definition) is 5. The lowest BCUT2D eigenvalue weighted by Gasteiger charge is -2.37. The summed E-state index contributed by atoms with van der Waals surface area (Å²) in [5.41, 5.74) is -0.215. The van der Waals surface area contributed by atoms with Gasteiger partial charge in [0.05, 0.1) is 30.0 Å². The van der Waals surface area contributed by atoms with E-state index < -0.39 is 36.1 Å². The SMILES string of the molecule is C#CCOc1cc(N2C(=O)C3CCCC(C4OCCO4)N3C2=O)c(F)cc1Cl. The zero-order valence-electron chi connectivity index (χ0n) is 14.9. The van der Waals surface area contributed by atoms with Crippen LogP contribution in [0.15, 0.2) is 12.1 Å². The average Bonchev–Trinajstić information content (AvgIpc) is 3.30. The van der Waals surface area contributed by atoms with Gasteiger partial charge in [-0.3, -0.25) is 4.79 Å². The largest absolute Gasteiger partial charge is 0.479 e. The number of urea groups is 1. The first kappa shape index (κ1) is 19.0. The number of imide groups is 1. The lowest BCUT2D eigenvalue weighted by atomic mass is 9.96. The Labute approximate surface area is 166 Å². The molecule has 3 heterocycles. The van der Waals surface area contributed by atoms with Gasteiger partial charge in [-0.2, -0.15) is 0 Å². The van der Waals surface area contributed by atoms with Gasteiger partial charge in [-0.1, -0.05) is 17.5 Å². The fourth-order valence-corrected chi connectivity index (χ4v) is 4.12. The van der Waals surface area contributed by atoms with Crippen LogP contribution in [0.1, 0.15) is 19.3 Å². The summed E-state index contributed by atoms with van der Waals surface area (Å²) in [4.78, 5) is 28.4. The summed E-state index contributed by atoms with van der Waals surface area (Å²) in [6, 6.07) is 0.546. The van der Waals surface area contributed by atoms with Crippen LogP contribution in [0.4, 0.5) is 14.9 Å². The molecule has 3 aliphatic rings. The smallest absolute Gasteiger partial charge is 0.332 e. The minimum atomic E-state index is -0.801. The number of nitrogens with zero attached hydrogens (tertiary/aromatic N) is 2. The highest BCUT2D eigenvalue weighted by Gasteiger charge is 2.53. The average molecular weight is 409 g/mol. The molecule has 0 N–H and O–H groups in total. The van der Waals surface area contributed by atoms with E-state index in [0.29, 0.717) is 26.1 Å². The van der Waals surface area contributed by atoms with E-state index in [1.807, 2.05) is 0 Å². The summed E-state index contributed by atoms with van der Waals surface area (Å²) in [5, 5.41) is -0.000973. The van der Waals surface area contributed by atoms with Crippen molar-refractivity contribution < 1.29 is 28.2 Å². The van der Waals surface area contributed by atoms with Crippen molar-refractivity contribution in [1.29, 1.82) is 0 Å². The Bertz CT molecular complexity index is 851. The Hall–Kier alpha value is -2.34. The van der Waals surface area contributed by atoms with Crippen molar-refractivity contribution in [3.05, 3.63) is 23.0 Å². The summed E-state index contributed by atoms with van der Waals surface area (Å²) in [5.74, 6) is 1.09. The van der Waals surface area contributed by atoms with Gasteiger partial charge in [-0.25, -0.2) is 14.1 Å². The summed E-state index contributed by atoms with van der Waals surface area (Å²) >= 11 is 5.98. The molecule has 0 saturated carbocycles. The van der Waals surface area contributed by atoms with E-state index in [2.05, 4.69) is 5.92 Å². The maximum Gasteiger partial charge on any atom is 0.332 e. The maximum absolute atomic E-state index is 14.6. The molecule has 3 amide bonds. The molecule has 2 unspecified atom stereocenters. The minimum absolute atomic E-state index is 0.000973. The minimum Gasteiger partial charge on any atom is -0.479 e. The van der Waals surface area contributed by atoms with E-state index in [1.165, 1.54) is 11.0 Å². The van der Waals surface area contributed by atoms with Crippen molar-refractivity contribution in [2.45, 2.75) is 37.6 Å². The van der Waals surface area contributed by atoms with E-state index in [1.54, 1.807) is 0 Å². The monoisotopic (exact) mass is 408 g/mol. The second-order valence-corrected chi connectivity index (χ2v) is 7.12. The van der Waals surface area contributed by atoms with Gasteiger partial charge in [0.15, 0.2) is 6.29 Å². The van der Waals surface area contributed by atoms with Gasteiger partial charge in [-0.05, 0) is 25.3 Å². The van der Waals surface area contributed by atoms with Gasteiger partial charge in [0.25, 0.3) is 5.91 Å². The lowest BCUT2D eigenvalue weighted by molar-refractivity contribution is -0.127. The van der Waals surface area contributed by atoms with E-state index in [9.17, 15) is 14.0 Å². The summed E-state index contributed by atoms with van der Waals surface area (Å²) < 4.78 is 31.0. The van der Waals surface area contributed by atoms with E-state index in [-0.39, 0.29) is 23.1 Å². The number of carbonyl (C=O) groups excluding carboxylic acids is 2. The predicted octanol–water partition coefficient (Wildman–Crippen LogP) is 2.55. The highest BCUT2D eigenvalue weighted by molar-refractivity contribution is 6.32. The van der Waals surface area contributed by atoms with Gasteiger partial charge in [-0.15, -0.1) is 6.42 Å². The molecule has 0 aliphatic carbocycles. The number of fused-ring (bicyclic) bond motifs is 1. The van der Waals surface area contributed by atoms with Gasteiger partial charge in [0.1, 0.15) is 24.2 Å². The molecule has 0 bridgehead atoms. The number of ether oxygens (including phenoxy) is 3. The van der Waals surface area contributed by atoms with Crippen molar-refractivity contribution >= 4 is 29.2 Å². The molecule has 0 aromatic heterocycles. The van der Waals surface area contributed by atoms with Crippen LogP contribution in [0, 0.1) is 18.2 Å². The van der Waals surface area contributed by atoms with Crippen LogP contribution >= 0.6 is 11.6 Å². The number of anilines is 1. The molecule has 0 spiro atoms. The number of rotatable bonds is 4. The molecule has 9 heteroatoms. The highest BCUT2D eigenvalue weighted by atomic mass is 35.5. The number of carbonyl (C=O) groups is 2. The van der Waals surface area contributed by atoms with Crippen molar-refractivity contribution in [2.24, 2.45) is 0 Å². The molecule has 0 radical (unpaired) electrons. The molecule has 3 saturated heterocycles. The molecule has 1 aromatic rings. The molecule has 3 fully saturated rings. The quantitative estimate of drug-likeness (QED) is 0.565. The maximum atomic E-state index is 14.6. The molecule has 3 aliphatic heterocycles. The molecule has 1 aromatic carbocycles. The second-order valence-electron chi connectivity index (χ2n) is 6.71.